The Balaban J connectivity index is 1.99. The molecule has 0 aliphatic heterocycles. The fraction of sp³-hybridized carbons (Fsp3) is 0.100. The summed E-state index contributed by atoms with van der Waals surface area (Å²) in [6.07, 6.45) is 0. The topological polar surface area (TPSA) is 80.5 Å². The predicted molar refractivity (Wildman–Crippen MR) is 102 cm³/mol. The highest BCUT2D eigenvalue weighted by Gasteiger charge is 2.26. The third-order valence-corrected chi connectivity index (χ3v) is 5.86. The third-order valence-electron chi connectivity index (χ3n) is 4.07. The lowest BCUT2D eigenvalue weighted by molar-refractivity contribution is -0.385. The molecule has 0 aromatic heterocycles. The molecular formula is C20H18N2O4S. The quantitative estimate of drug-likeness (QED) is 0.457. The van der Waals surface area contributed by atoms with Gasteiger partial charge in [-0.2, -0.15) is 4.31 Å². The maximum Gasteiger partial charge on any atom is 0.270 e. The van der Waals surface area contributed by atoms with Crippen LogP contribution < -0.4 is 0 Å². The summed E-state index contributed by atoms with van der Waals surface area (Å²) in [5, 5.41) is 11.0. The van der Waals surface area contributed by atoms with Crippen LogP contribution in [0.2, 0.25) is 0 Å². The van der Waals surface area contributed by atoms with Crippen LogP contribution in [-0.2, 0) is 23.1 Å². The van der Waals surface area contributed by atoms with Gasteiger partial charge in [-0.25, -0.2) is 8.42 Å². The summed E-state index contributed by atoms with van der Waals surface area (Å²) in [4.78, 5) is 10.3. The molecule has 0 bridgehead atoms. The molecule has 0 aliphatic carbocycles. The van der Waals surface area contributed by atoms with Gasteiger partial charge in [0.15, 0.2) is 0 Å². The second-order valence-electron chi connectivity index (χ2n) is 6.00. The zero-order valence-corrected chi connectivity index (χ0v) is 15.2. The van der Waals surface area contributed by atoms with Gasteiger partial charge in [-0.3, -0.25) is 10.1 Å². The molecule has 0 saturated heterocycles. The smallest absolute Gasteiger partial charge is 0.258 e. The Bertz CT molecular complexity index is 981. The summed E-state index contributed by atoms with van der Waals surface area (Å²) in [5.74, 6) is 0. The summed E-state index contributed by atoms with van der Waals surface area (Å²) in [6.45, 7) is 0.335. The van der Waals surface area contributed by atoms with E-state index in [1.165, 1.54) is 22.5 Å². The van der Waals surface area contributed by atoms with Crippen molar-refractivity contribution in [2.75, 3.05) is 0 Å². The van der Waals surface area contributed by atoms with Crippen LogP contribution in [0.3, 0.4) is 0 Å². The molecule has 0 aliphatic rings. The SMILES string of the molecule is O=[N+]([O-])c1cccc(S(=O)(=O)N(Cc2ccccc2)Cc2ccccc2)c1. The van der Waals surface area contributed by atoms with E-state index in [4.69, 9.17) is 0 Å². The van der Waals surface area contributed by atoms with Crippen molar-refractivity contribution in [3.63, 3.8) is 0 Å². The first-order chi connectivity index (χ1) is 13.0. The van der Waals surface area contributed by atoms with Crippen LogP contribution in [0.25, 0.3) is 0 Å². The van der Waals surface area contributed by atoms with Crippen LogP contribution in [0.4, 0.5) is 5.69 Å². The van der Waals surface area contributed by atoms with E-state index in [2.05, 4.69) is 0 Å². The number of nitrogens with zero attached hydrogens (tertiary/aromatic N) is 2. The van der Waals surface area contributed by atoms with Gasteiger partial charge in [0.2, 0.25) is 10.0 Å². The molecule has 3 aromatic carbocycles. The van der Waals surface area contributed by atoms with Crippen LogP contribution in [0, 0.1) is 10.1 Å². The Kier molecular flexibility index (Phi) is 5.63. The van der Waals surface area contributed by atoms with Gasteiger partial charge < -0.3 is 0 Å². The molecule has 3 rings (SSSR count). The fourth-order valence-corrected chi connectivity index (χ4v) is 4.16. The van der Waals surface area contributed by atoms with Crippen LogP contribution in [0.1, 0.15) is 11.1 Å². The number of hydrogen-bond donors (Lipinski definition) is 0. The first-order valence-corrected chi connectivity index (χ1v) is 9.73. The van der Waals surface area contributed by atoms with Crippen molar-refractivity contribution in [3.8, 4) is 0 Å². The average molecular weight is 382 g/mol. The van der Waals surface area contributed by atoms with Crippen molar-refractivity contribution in [2.45, 2.75) is 18.0 Å². The molecule has 3 aromatic rings. The maximum absolute atomic E-state index is 13.2. The Morgan fingerprint density at radius 1 is 0.778 bits per heavy atom. The zero-order valence-electron chi connectivity index (χ0n) is 14.4. The summed E-state index contributed by atoms with van der Waals surface area (Å²) < 4.78 is 27.8. The molecule has 6 nitrogen and oxygen atoms in total. The highest BCUT2D eigenvalue weighted by atomic mass is 32.2. The van der Waals surface area contributed by atoms with Gasteiger partial charge in [0.05, 0.1) is 9.82 Å². The Labute approximate surface area is 157 Å². The molecule has 0 saturated carbocycles. The molecule has 27 heavy (non-hydrogen) atoms. The summed E-state index contributed by atoms with van der Waals surface area (Å²) in [7, 11) is -3.92. The minimum Gasteiger partial charge on any atom is -0.258 e. The Hall–Kier alpha value is -3.03. The standard InChI is InChI=1S/C20H18N2O4S/c23-22(24)19-12-7-13-20(14-19)27(25,26)21(15-17-8-3-1-4-9-17)16-18-10-5-2-6-11-18/h1-14H,15-16H2. The fourth-order valence-electron chi connectivity index (χ4n) is 2.71. The highest BCUT2D eigenvalue weighted by molar-refractivity contribution is 7.89. The van der Waals surface area contributed by atoms with Crippen molar-refractivity contribution in [1.29, 1.82) is 0 Å². The largest absolute Gasteiger partial charge is 0.270 e. The number of hydrogen-bond acceptors (Lipinski definition) is 4. The molecule has 0 spiro atoms. The molecular weight excluding hydrogens is 364 g/mol. The van der Waals surface area contributed by atoms with Crippen molar-refractivity contribution in [1.82, 2.24) is 4.31 Å². The third kappa shape index (κ3) is 4.58. The molecule has 0 heterocycles. The molecule has 7 heteroatoms. The van der Waals surface area contributed by atoms with Crippen LogP contribution in [-0.4, -0.2) is 17.6 Å². The van der Waals surface area contributed by atoms with E-state index >= 15 is 0 Å². The lowest BCUT2D eigenvalue weighted by Crippen LogP contribution is -2.30. The van der Waals surface area contributed by atoms with Crippen molar-refractivity contribution < 1.29 is 13.3 Å². The van der Waals surface area contributed by atoms with Gasteiger partial charge in [-0.1, -0.05) is 66.7 Å². The van der Waals surface area contributed by atoms with Crippen molar-refractivity contribution in [3.05, 3.63) is 106 Å². The Morgan fingerprint density at radius 2 is 1.30 bits per heavy atom. The van der Waals surface area contributed by atoms with E-state index in [1.54, 1.807) is 0 Å². The summed E-state index contributed by atoms with van der Waals surface area (Å²) in [5.41, 5.74) is 1.42. The van der Waals surface area contributed by atoms with Gasteiger partial charge in [0, 0.05) is 25.2 Å². The molecule has 138 valence electrons. The van der Waals surface area contributed by atoms with E-state index in [-0.39, 0.29) is 23.7 Å². The second kappa shape index (κ2) is 8.11. The summed E-state index contributed by atoms with van der Waals surface area (Å²) >= 11 is 0. The molecule has 0 atom stereocenters. The molecule has 0 amide bonds. The lowest BCUT2D eigenvalue weighted by atomic mass is 10.2. The van der Waals surface area contributed by atoms with Crippen LogP contribution in [0.5, 0.6) is 0 Å². The predicted octanol–water partition coefficient (Wildman–Crippen LogP) is 3.99. The molecule has 0 radical (unpaired) electrons. The van der Waals surface area contributed by atoms with Gasteiger partial charge in [-0.05, 0) is 17.2 Å². The van der Waals surface area contributed by atoms with E-state index < -0.39 is 14.9 Å². The molecule has 0 unspecified atom stereocenters. The summed E-state index contributed by atoms with van der Waals surface area (Å²) in [6, 6.07) is 23.6. The number of sulfonamides is 1. The van der Waals surface area contributed by atoms with E-state index in [9.17, 15) is 18.5 Å². The maximum atomic E-state index is 13.2. The van der Waals surface area contributed by atoms with E-state index in [0.717, 1.165) is 17.2 Å². The number of benzene rings is 3. The van der Waals surface area contributed by atoms with E-state index in [0.29, 0.717) is 0 Å². The van der Waals surface area contributed by atoms with Gasteiger partial charge in [0.1, 0.15) is 0 Å². The number of nitro groups is 1. The van der Waals surface area contributed by atoms with E-state index in [1.807, 2.05) is 60.7 Å². The first-order valence-electron chi connectivity index (χ1n) is 8.29. The van der Waals surface area contributed by atoms with Crippen molar-refractivity contribution >= 4 is 15.7 Å². The minimum absolute atomic E-state index is 0.0939. The second-order valence-corrected chi connectivity index (χ2v) is 7.94. The van der Waals surface area contributed by atoms with Crippen LogP contribution >= 0.6 is 0 Å². The Morgan fingerprint density at radius 3 is 1.78 bits per heavy atom. The number of non-ortho nitro benzene ring substituents is 1. The van der Waals surface area contributed by atoms with Crippen LogP contribution in [0.15, 0.2) is 89.8 Å². The normalized spacial score (nSPS) is 11.4. The minimum atomic E-state index is -3.92. The molecule has 0 fully saturated rings. The first kappa shape index (κ1) is 18.8. The van der Waals surface area contributed by atoms with Crippen molar-refractivity contribution in [2.24, 2.45) is 0 Å². The van der Waals surface area contributed by atoms with Gasteiger partial charge in [0.25, 0.3) is 5.69 Å². The number of rotatable bonds is 7. The lowest BCUT2D eigenvalue weighted by Gasteiger charge is -2.22. The number of nitro benzene ring substituents is 1. The van der Waals surface area contributed by atoms with Gasteiger partial charge >= 0.3 is 0 Å². The monoisotopic (exact) mass is 382 g/mol. The average Bonchev–Trinajstić information content (AvgIpc) is 2.69. The van der Waals surface area contributed by atoms with Gasteiger partial charge in [-0.15, -0.1) is 0 Å². The molecule has 0 N–H and O–H groups in total. The highest BCUT2D eigenvalue weighted by Crippen LogP contribution is 2.24. The zero-order chi connectivity index (χ0) is 19.3.